The monoisotopic (exact) mass is 311 g/mol. The van der Waals surface area contributed by atoms with E-state index in [0.717, 1.165) is 0 Å². The second-order valence-electron chi connectivity index (χ2n) is 5.21. The number of benzene rings is 1. The molecule has 0 radical (unpaired) electrons. The summed E-state index contributed by atoms with van der Waals surface area (Å²) < 4.78 is 24.5. The Morgan fingerprint density at radius 2 is 2.23 bits per heavy atom. The average molecular weight is 311 g/mol. The van der Waals surface area contributed by atoms with Crippen LogP contribution in [0.15, 0.2) is 18.2 Å². The number of hydrogen-bond acceptors (Lipinski definition) is 6. The molecule has 0 bridgehead atoms. The number of rotatable bonds is 7. The third-order valence-electron chi connectivity index (χ3n) is 3.71. The molecule has 1 fully saturated rings. The lowest BCUT2D eigenvalue weighted by atomic mass is 10.2. The fourth-order valence-electron chi connectivity index (χ4n) is 2.46. The smallest absolute Gasteiger partial charge is 0.293 e. The summed E-state index contributed by atoms with van der Waals surface area (Å²) in [6.07, 6.45) is -0.413. The first-order valence-corrected chi connectivity index (χ1v) is 7.28. The molecular weight excluding hydrogens is 289 g/mol. The minimum atomic E-state index is -0.413. The Hall–Kier alpha value is -1.86. The van der Waals surface area contributed by atoms with Crippen molar-refractivity contribution in [2.45, 2.75) is 6.10 Å². The van der Waals surface area contributed by atoms with Crippen molar-refractivity contribution in [2.24, 2.45) is 5.73 Å². The number of ether oxygens (including phenoxy) is 2. The van der Waals surface area contributed by atoms with Crippen LogP contribution in [0.5, 0.6) is 0 Å². The molecule has 1 unspecified atom stereocenters. The summed E-state index contributed by atoms with van der Waals surface area (Å²) in [4.78, 5) is 14.2. The first kappa shape index (κ1) is 16.5. The first-order chi connectivity index (χ1) is 10.7. The van der Waals surface area contributed by atoms with Crippen molar-refractivity contribution in [3.05, 3.63) is 24.0 Å². The number of likely N-dealkylation sites (N-methyl/N-ethyl adjacent to an activating group) is 1. The van der Waals surface area contributed by atoms with Gasteiger partial charge in [0.1, 0.15) is 11.9 Å². The van der Waals surface area contributed by atoms with Crippen LogP contribution in [0.2, 0.25) is 0 Å². The lowest BCUT2D eigenvalue weighted by Crippen LogP contribution is -2.37. The van der Waals surface area contributed by atoms with E-state index in [2.05, 4.69) is 0 Å². The average Bonchev–Trinajstić information content (AvgIpc) is 2.55. The number of halogens is 1. The van der Waals surface area contributed by atoms with Gasteiger partial charge in [0.15, 0.2) is 0 Å². The fourth-order valence-corrected chi connectivity index (χ4v) is 2.46. The van der Waals surface area contributed by atoms with E-state index in [9.17, 15) is 9.18 Å². The largest absolute Gasteiger partial charge is 0.461 e. The number of carbonyl (C=O) groups is 1. The molecule has 1 aromatic carbocycles. The van der Waals surface area contributed by atoms with Gasteiger partial charge in [-0.1, -0.05) is 0 Å². The highest BCUT2D eigenvalue weighted by Crippen LogP contribution is 2.25. The molecule has 7 heteroatoms. The van der Waals surface area contributed by atoms with Gasteiger partial charge >= 0.3 is 0 Å². The fraction of sp³-hybridized carbons (Fsp3) is 0.533. The maximum atomic E-state index is 14.3. The van der Waals surface area contributed by atoms with Gasteiger partial charge < -0.3 is 25.0 Å². The molecule has 2 N–H and O–H groups in total. The molecular formula is C15H22FN3O3. The van der Waals surface area contributed by atoms with Crippen LogP contribution in [-0.2, 0) is 14.3 Å². The van der Waals surface area contributed by atoms with Crippen molar-refractivity contribution in [2.75, 3.05) is 56.2 Å². The number of anilines is 2. The number of nitrogens with zero attached hydrogens (tertiary/aromatic N) is 2. The third kappa shape index (κ3) is 4.08. The van der Waals surface area contributed by atoms with Crippen LogP contribution in [-0.4, -0.2) is 59.0 Å². The summed E-state index contributed by atoms with van der Waals surface area (Å²) >= 11 is 0. The van der Waals surface area contributed by atoms with Crippen LogP contribution in [0.3, 0.4) is 0 Å². The zero-order valence-electron chi connectivity index (χ0n) is 12.7. The molecule has 122 valence electrons. The zero-order valence-corrected chi connectivity index (χ0v) is 12.7. The number of morpholine rings is 1. The second-order valence-corrected chi connectivity index (χ2v) is 5.21. The minimum absolute atomic E-state index is 0.220. The van der Waals surface area contributed by atoms with Gasteiger partial charge in [-0.2, -0.15) is 0 Å². The molecule has 0 aromatic heterocycles. The van der Waals surface area contributed by atoms with E-state index in [-0.39, 0.29) is 12.4 Å². The minimum Gasteiger partial charge on any atom is -0.461 e. The maximum absolute atomic E-state index is 14.3. The van der Waals surface area contributed by atoms with E-state index in [1.54, 1.807) is 13.1 Å². The van der Waals surface area contributed by atoms with Crippen LogP contribution in [0, 0.1) is 5.82 Å². The van der Waals surface area contributed by atoms with E-state index >= 15 is 0 Å². The first-order valence-electron chi connectivity index (χ1n) is 7.28. The number of hydrogen-bond donors (Lipinski definition) is 1. The molecule has 1 aromatic rings. The quantitative estimate of drug-likeness (QED) is 0.744. The van der Waals surface area contributed by atoms with Crippen LogP contribution < -0.4 is 15.5 Å². The van der Waals surface area contributed by atoms with Crippen LogP contribution >= 0.6 is 0 Å². The molecule has 1 atom stereocenters. The summed E-state index contributed by atoms with van der Waals surface area (Å²) in [5, 5.41) is 0. The van der Waals surface area contributed by atoms with E-state index in [4.69, 9.17) is 15.2 Å². The van der Waals surface area contributed by atoms with Gasteiger partial charge in [0.05, 0.1) is 25.4 Å². The lowest BCUT2D eigenvalue weighted by Gasteiger charge is -2.30. The highest BCUT2D eigenvalue weighted by atomic mass is 19.1. The van der Waals surface area contributed by atoms with Gasteiger partial charge in [-0.15, -0.1) is 0 Å². The highest BCUT2D eigenvalue weighted by molar-refractivity contribution is 5.57. The van der Waals surface area contributed by atoms with Crippen molar-refractivity contribution < 1.29 is 18.7 Å². The molecule has 1 heterocycles. The Bertz CT molecular complexity index is 495. The Labute approximate surface area is 129 Å². The van der Waals surface area contributed by atoms with E-state index in [1.807, 2.05) is 15.9 Å². The van der Waals surface area contributed by atoms with Crippen LogP contribution in [0.25, 0.3) is 0 Å². The molecule has 6 nitrogen and oxygen atoms in total. The molecule has 22 heavy (non-hydrogen) atoms. The van der Waals surface area contributed by atoms with Crippen LogP contribution in [0.1, 0.15) is 0 Å². The molecule has 0 aliphatic carbocycles. The Kier molecular flexibility index (Phi) is 5.97. The molecule has 1 aliphatic rings. The van der Waals surface area contributed by atoms with E-state index < -0.39 is 6.10 Å². The lowest BCUT2D eigenvalue weighted by molar-refractivity contribution is -0.132. The summed E-state index contributed by atoms with van der Waals surface area (Å²) in [7, 11) is 1.81. The molecule has 1 saturated heterocycles. The third-order valence-corrected chi connectivity index (χ3v) is 3.71. The van der Waals surface area contributed by atoms with Gasteiger partial charge in [0.25, 0.3) is 6.47 Å². The molecule has 0 amide bonds. The van der Waals surface area contributed by atoms with Crippen LogP contribution in [0.4, 0.5) is 15.8 Å². The predicted octanol–water partition coefficient (Wildman–Crippen LogP) is 0.599. The van der Waals surface area contributed by atoms with Crippen molar-refractivity contribution in [1.82, 2.24) is 0 Å². The number of nitrogens with two attached hydrogens (primary N) is 1. The molecule has 1 aliphatic heterocycles. The van der Waals surface area contributed by atoms with Crippen molar-refractivity contribution in [1.29, 1.82) is 0 Å². The summed E-state index contributed by atoms with van der Waals surface area (Å²) in [6.45, 7) is 3.62. The molecule has 0 spiro atoms. The second kappa shape index (κ2) is 7.95. The van der Waals surface area contributed by atoms with Gasteiger partial charge in [-0.25, -0.2) is 4.39 Å². The summed E-state index contributed by atoms with van der Waals surface area (Å²) in [5.41, 5.74) is 6.83. The Morgan fingerprint density at radius 3 is 2.82 bits per heavy atom. The Morgan fingerprint density at radius 1 is 1.50 bits per heavy atom. The van der Waals surface area contributed by atoms with Gasteiger partial charge in [-0.3, -0.25) is 4.79 Å². The van der Waals surface area contributed by atoms with E-state index in [0.29, 0.717) is 50.7 Å². The molecule has 2 rings (SSSR count). The predicted molar refractivity (Wildman–Crippen MR) is 82.7 cm³/mol. The van der Waals surface area contributed by atoms with Crippen molar-refractivity contribution >= 4 is 17.8 Å². The van der Waals surface area contributed by atoms with E-state index in [1.165, 1.54) is 6.07 Å². The topological polar surface area (TPSA) is 68.0 Å². The Balaban J connectivity index is 2.05. The summed E-state index contributed by atoms with van der Waals surface area (Å²) in [5.74, 6) is -0.271. The van der Waals surface area contributed by atoms with Gasteiger partial charge in [0.2, 0.25) is 0 Å². The van der Waals surface area contributed by atoms with Gasteiger partial charge in [0, 0.05) is 32.4 Å². The standard InChI is InChI=1S/C15H22FN3O3/c1-18(10-13(9-17)22-11-20)12-2-3-15(14(16)8-12)19-4-6-21-7-5-19/h2-3,8,11,13H,4-7,9-10,17H2,1H3. The van der Waals surface area contributed by atoms with Crippen molar-refractivity contribution in [3.63, 3.8) is 0 Å². The zero-order chi connectivity index (χ0) is 15.9. The molecule has 0 saturated carbocycles. The highest BCUT2D eigenvalue weighted by Gasteiger charge is 2.17. The SMILES string of the molecule is CN(CC(CN)OC=O)c1ccc(N2CCOCC2)c(F)c1. The normalized spacial score (nSPS) is 16.2. The van der Waals surface area contributed by atoms with Crippen molar-refractivity contribution in [3.8, 4) is 0 Å². The number of carbonyl (C=O) groups excluding carboxylic acids is 1. The summed E-state index contributed by atoms with van der Waals surface area (Å²) in [6, 6.07) is 5.10. The van der Waals surface area contributed by atoms with Gasteiger partial charge in [-0.05, 0) is 18.2 Å². The maximum Gasteiger partial charge on any atom is 0.293 e.